The molecule has 1 aliphatic rings. The van der Waals surface area contributed by atoms with Gasteiger partial charge in [-0.1, -0.05) is 12.1 Å². The smallest absolute Gasteiger partial charge is 0.360 e. The van der Waals surface area contributed by atoms with E-state index >= 15 is 0 Å². The zero-order chi connectivity index (χ0) is 11.7. The standard InChI is InChI=1S/C15H15O2/c1-2-16-13-8-7-12-9-11-5-3-4-6-14(11)17-15(12)10-13/h3-6,9-10H,2,7-8H2,1H3/q+1. The van der Waals surface area contributed by atoms with Crippen molar-refractivity contribution >= 4 is 17.0 Å². The van der Waals surface area contributed by atoms with Gasteiger partial charge in [0.1, 0.15) is 5.76 Å². The van der Waals surface area contributed by atoms with Gasteiger partial charge in [-0.05, 0) is 25.5 Å². The molecule has 2 aromatic rings. The average molecular weight is 227 g/mol. The van der Waals surface area contributed by atoms with Crippen molar-refractivity contribution < 1.29 is 9.15 Å². The summed E-state index contributed by atoms with van der Waals surface area (Å²) in [5.74, 6) is 1.97. The fourth-order valence-electron chi connectivity index (χ4n) is 2.23. The van der Waals surface area contributed by atoms with E-state index < -0.39 is 0 Å². The van der Waals surface area contributed by atoms with E-state index in [1.807, 2.05) is 31.2 Å². The van der Waals surface area contributed by atoms with Crippen LogP contribution in [0.25, 0.3) is 17.0 Å². The van der Waals surface area contributed by atoms with Gasteiger partial charge in [0, 0.05) is 12.5 Å². The maximum absolute atomic E-state index is 5.90. The summed E-state index contributed by atoms with van der Waals surface area (Å²) in [4.78, 5) is 0. The first-order valence-corrected chi connectivity index (χ1v) is 6.05. The van der Waals surface area contributed by atoms with E-state index in [4.69, 9.17) is 9.15 Å². The molecule has 1 aromatic heterocycles. The Morgan fingerprint density at radius 2 is 2.12 bits per heavy atom. The van der Waals surface area contributed by atoms with Crippen molar-refractivity contribution in [2.45, 2.75) is 19.8 Å². The average Bonchev–Trinajstić information content (AvgIpc) is 2.36. The van der Waals surface area contributed by atoms with Gasteiger partial charge in [0.15, 0.2) is 0 Å². The quantitative estimate of drug-likeness (QED) is 0.722. The third-order valence-corrected chi connectivity index (χ3v) is 3.05. The Hall–Kier alpha value is -1.83. The molecule has 0 fully saturated rings. The van der Waals surface area contributed by atoms with E-state index in [1.54, 1.807) is 0 Å². The second-order valence-corrected chi connectivity index (χ2v) is 4.22. The van der Waals surface area contributed by atoms with Crippen molar-refractivity contribution in [3.63, 3.8) is 0 Å². The molecule has 1 heterocycles. The molecule has 86 valence electrons. The number of hydrogen-bond acceptors (Lipinski definition) is 1. The molecular formula is C15H15O2+. The molecule has 0 aliphatic heterocycles. The summed E-state index contributed by atoms with van der Waals surface area (Å²) in [6, 6.07) is 10.3. The van der Waals surface area contributed by atoms with Crippen LogP contribution in [0.4, 0.5) is 0 Å². The number of hydrogen-bond donors (Lipinski definition) is 0. The Balaban J connectivity index is 2.11. The minimum atomic E-state index is 0.717. The van der Waals surface area contributed by atoms with Gasteiger partial charge >= 0.3 is 11.3 Å². The third kappa shape index (κ3) is 1.91. The summed E-state index contributed by atoms with van der Waals surface area (Å²) < 4.78 is 11.5. The third-order valence-electron chi connectivity index (χ3n) is 3.05. The number of para-hydroxylation sites is 1. The van der Waals surface area contributed by atoms with Gasteiger partial charge in [-0.3, -0.25) is 0 Å². The van der Waals surface area contributed by atoms with Crippen molar-refractivity contribution in [1.29, 1.82) is 0 Å². The van der Waals surface area contributed by atoms with Crippen LogP contribution in [0.3, 0.4) is 0 Å². The van der Waals surface area contributed by atoms with E-state index in [0.717, 1.165) is 36.6 Å². The predicted octanol–water partition coefficient (Wildman–Crippen LogP) is 4.04. The van der Waals surface area contributed by atoms with Crippen LogP contribution in [0.1, 0.15) is 24.7 Å². The lowest BCUT2D eigenvalue weighted by Gasteiger charge is -2.11. The fraction of sp³-hybridized carbons (Fsp3) is 0.267. The van der Waals surface area contributed by atoms with Crippen LogP contribution in [0.15, 0.2) is 40.5 Å². The van der Waals surface area contributed by atoms with Gasteiger partial charge in [0.2, 0.25) is 0 Å². The molecule has 0 spiro atoms. The molecule has 17 heavy (non-hydrogen) atoms. The van der Waals surface area contributed by atoms with Gasteiger partial charge in [0.05, 0.1) is 23.6 Å². The Kier molecular flexibility index (Phi) is 2.56. The molecule has 1 aromatic carbocycles. The van der Waals surface area contributed by atoms with Crippen molar-refractivity contribution in [2.75, 3.05) is 6.61 Å². The van der Waals surface area contributed by atoms with Crippen LogP contribution in [-0.2, 0) is 11.2 Å². The highest BCUT2D eigenvalue weighted by Gasteiger charge is 2.22. The first-order valence-electron chi connectivity index (χ1n) is 6.05. The Bertz CT molecular complexity index is 584. The number of aryl methyl sites for hydroxylation is 1. The predicted molar refractivity (Wildman–Crippen MR) is 68.5 cm³/mol. The molecule has 0 amide bonds. The minimum Gasteiger partial charge on any atom is -0.498 e. The molecule has 0 bridgehead atoms. The van der Waals surface area contributed by atoms with Crippen molar-refractivity contribution in [2.24, 2.45) is 0 Å². The van der Waals surface area contributed by atoms with E-state index in [0.29, 0.717) is 0 Å². The van der Waals surface area contributed by atoms with Crippen LogP contribution >= 0.6 is 0 Å². The summed E-state index contributed by atoms with van der Waals surface area (Å²) in [6.07, 6.45) is 3.99. The molecule has 2 heteroatoms. The maximum Gasteiger partial charge on any atom is 0.360 e. The number of ether oxygens (including phenoxy) is 1. The molecule has 0 saturated carbocycles. The largest absolute Gasteiger partial charge is 0.498 e. The molecule has 0 radical (unpaired) electrons. The lowest BCUT2D eigenvalue weighted by Crippen LogP contribution is -2.02. The second kappa shape index (κ2) is 4.21. The monoisotopic (exact) mass is 227 g/mol. The van der Waals surface area contributed by atoms with Crippen LogP contribution in [0.5, 0.6) is 0 Å². The topological polar surface area (TPSA) is 20.5 Å². The van der Waals surface area contributed by atoms with E-state index in [9.17, 15) is 0 Å². The first kappa shape index (κ1) is 10.3. The zero-order valence-corrected chi connectivity index (χ0v) is 9.90. The summed E-state index contributed by atoms with van der Waals surface area (Å²) >= 11 is 0. The first-order chi connectivity index (χ1) is 8.36. The number of benzene rings is 1. The summed E-state index contributed by atoms with van der Waals surface area (Å²) in [7, 11) is 0. The Morgan fingerprint density at radius 3 is 3.00 bits per heavy atom. The molecule has 0 unspecified atom stereocenters. The SMILES string of the molecule is CCOC1=Cc2[o+]c3ccccc3cc2CC1. The highest BCUT2D eigenvalue weighted by Crippen LogP contribution is 2.28. The molecule has 0 N–H and O–H groups in total. The molecule has 2 nitrogen and oxygen atoms in total. The number of allylic oxidation sites excluding steroid dienone is 1. The van der Waals surface area contributed by atoms with E-state index in [2.05, 4.69) is 12.1 Å². The maximum atomic E-state index is 5.90. The molecule has 0 atom stereocenters. The van der Waals surface area contributed by atoms with Crippen molar-refractivity contribution in [1.82, 2.24) is 0 Å². The van der Waals surface area contributed by atoms with Crippen molar-refractivity contribution in [3.8, 4) is 0 Å². The van der Waals surface area contributed by atoms with Gasteiger partial charge in [-0.2, -0.15) is 0 Å². The number of fused-ring (bicyclic) bond motifs is 2. The van der Waals surface area contributed by atoms with Gasteiger partial charge < -0.3 is 4.74 Å². The lowest BCUT2D eigenvalue weighted by molar-refractivity contribution is 0.220. The molecular weight excluding hydrogens is 212 g/mol. The van der Waals surface area contributed by atoms with Crippen LogP contribution in [0, 0.1) is 0 Å². The highest BCUT2D eigenvalue weighted by atomic mass is 16.5. The fourth-order valence-corrected chi connectivity index (χ4v) is 2.23. The van der Waals surface area contributed by atoms with Crippen molar-refractivity contribution in [3.05, 3.63) is 47.4 Å². The molecule has 1 aliphatic carbocycles. The molecule has 3 rings (SSSR count). The van der Waals surface area contributed by atoms with Gasteiger partial charge in [0.25, 0.3) is 0 Å². The Morgan fingerprint density at radius 1 is 1.24 bits per heavy atom. The zero-order valence-electron chi connectivity index (χ0n) is 9.90. The summed E-state index contributed by atoms with van der Waals surface area (Å²) in [5.41, 5.74) is 2.20. The summed E-state index contributed by atoms with van der Waals surface area (Å²) in [6.45, 7) is 2.72. The minimum absolute atomic E-state index is 0.717. The summed E-state index contributed by atoms with van der Waals surface area (Å²) in [5, 5.41) is 1.17. The van der Waals surface area contributed by atoms with E-state index in [1.165, 1.54) is 10.9 Å². The second-order valence-electron chi connectivity index (χ2n) is 4.22. The molecule has 0 saturated heterocycles. The lowest BCUT2D eigenvalue weighted by atomic mass is 10.0. The van der Waals surface area contributed by atoms with Crippen LogP contribution in [-0.4, -0.2) is 6.61 Å². The normalized spacial score (nSPS) is 14.3. The van der Waals surface area contributed by atoms with Gasteiger partial charge in [-0.25, -0.2) is 4.42 Å². The van der Waals surface area contributed by atoms with Crippen LogP contribution in [0.2, 0.25) is 0 Å². The van der Waals surface area contributed by atoms with E-state index in [-0.39, 0.29) is 0 Å². The van der Waals surface area contributed by atoms with Crippen LogP contribution < -0.4 is 0 Å². The van der Waals surface area contributed by atoms with Gasteiger partial charge in [-0.15, -0.1) is 0 Å². The number of rotatable bonds is 2. The highest BCUT2D eigenvalue weighted by molar-refractivity contribution is 5.78. The Labute approximate surface area is 101 Å².